The fraction of sp³-hybridized carbons (Fsp3) is 0.833. The molecule has 0 saturated heterocycles. The van der Waals surface area contributed by atoms with Gasteiger partial charge >= 0.3 is 5.97 Å². The van der Waals surface area contributed by atoms with Crippen LogP contribution in [0.3, 0.4) is 0 Å². The average Bonchev–Trinajstić information content (AvgIpc) is 2.00. The average molecular weight is 162 g/mol. The lowest BCUT2D eigenvalue weighted by molar-refractivity contribution is -0.145. The highest BCUT2D eigenvalue weighted by Crippen LogP contribution is 2.07. The third kappa shape index (κ3) is 2.83. The maximum absolute atomic E-state index is 10.4. The van der Waals surface area contributed by atoms with Gasteiger partial charge in [0.2, 0.25) is 0 Å². The summed E-state index contributed by atoms with van der Waals surface area (Å²) >= 11 is 0. The Hall–Kier alpha value is -0.650. The van der Waals surface area contributed by atoms with Gasteiger partial charge in [0.25, 0.3) is 0 Å². The van der Waals surface area contributed by atoms with Crippen molar-refractivity contribution in [3.8, 4) is 0 Å². The van der Waals surface area contributed by atoms with Crippen molar-refractivity contribution in [3.63, 3.8) is 0 Å². The van der Waals surface area contributed by atoms with Crippen LogP contribution in [0.25, 0.3) is 0 Å². The summed E-state index contributed by atoms with van der Waals surface area (Å²) in [7, 11) is 0. The molecule has 0 aliphatic rings. The molecule has 0 aromatic carbocycles. The molecule has 0 aromatic heterocycles. The van der Waals surface area contributed by atoms with Gasteiger partial charge < -0.3 is 21.7 Å². The smallest absolute Gasteiger partial charge is 0.326 e. The Morgan fingerprint density at radius 2 is 2.09 bits per heavy atom. The minimum absolute atomic E-state index is 0.204. The topological polar surface area (TPSA) is 110 Å². The highest BCUT2D eigenvalue weighted by Gasteiger charge is 2.32. The Labute approximate surface area is 65.0 Å². The van der Waals surface area contributed by atoms with Gasteiger partial charge in [0.15, 0.2) is 0 Å². The van der Waals surface area contributed by atoms with E-state index in [-0.39, 0.29) is 6.42 Å². The van der Waals surface area contributed by atoms with Crippen LogP contribution in [0.15, 0.2) is 0 Å². The number of aliphatic carboxylic acids is 1. The molecule has 0 aliphatic carbocycles. The summed E-state index contributed by atoms with van der Waals surface area (Å²) in [5.74, 6) is -1.19. The third-order valence-electron chi connectivity index (χ3n) is 1.54. The van der Waals surface area contributed by atoms with E-state index in [1.807, 2.05) is 0 Å². The van der Waals surface area contributed by atoms with Crippen molar-refractivity contribution in [1.82, 2.24) is 0 Å². The van der Waals surface area contributed by atoms with E-state index in [0.29, 0.717) is 13.0 Å². The monoisotopic (exact) mass is 162 g/mol. The number of aliphatic hydroxyl groups is 1. The van der Waals surface area contributed by atoms with Crippen LogP contribution >= 0.6 is 0 Å². The SMILES string of the molecule is NCCCC(N)(CO)C(=O)O. The van der Waals surface area contributed by atoms with Gasteiger partial charge in [-0.05, 0) is 19.4 Å². The molecular formula is C6H14N2O3. The van der Waals surface area contributed by atoms with Crippen molar-refractivity contribution in [3.05, 3.63) is 0 Å². The van der Waals surface area contributed by atoms with Crippen LogP contribution in [0.2, 0.25) is 0 Å². The van der Waals surface area contributed by atoms with E-state index in [2.05, 4.69) is 0 Å². The molecule has 0 amide bonds. The fourth-order valence-corrected chi connectivity index (χ4v) is 0.671. The molecule has 1 unspecified atom stereocenters. The summed E-state index contributed by atoms with van der Waals surface area (Å²) in [5, 5.41) is 17.2. The summed E-state index contributed by atoms with van der Waals surface area (Å²) in [5.41, 5.74) is 8.97. The van der Waals surface area contributed by atoms with Gasteiger partial charge in [-0.15, -0.1) is 0 Å². The van der Waals surface area contributed by atoms with E-state index in [1.165, 1.54) is 0 Å². The molecule has 5 nitrogen and oxygen atoms in total. The molecule has 0 aliphatic heterocycles. The summed E-state index contributed by atoms with van der Waals surface area (Å²) in [6.45, 7) is -0.172. The Balaban J connectivity index is 3.99. The molecule has 66 valence electrons. The van der Waals surface area contributed by atoms with Gasteiger partial charge in [-0.2, -0.15) is 0 Å². The molecule has 0 spiro atoms. The first-order chi connectivity index (χ1) is 5.06. The zero-order valence-electron chi connectivity index (χ0n) is 6.29. The maximum atomic E-state index is 10.4. The minimum atomic E-state index is -1.51. The maximum Gasteiger partial charge on any atom is 0.326 e. The second kappa shape index (κ2) is 4.27. The molecule has 0 rings (SSSR count). The predicted molar refractivity (Wildman–Crippen MR) is 39.9 cm³/mol. The van der Waals surface area contributed by atoms with E-state index < -0.39 is 18.1 Å². The lowest BCUT2D eigenvalue weighted by Crippen LogP contribution is -2.51. The lowest BCUT2D eigenvalue weighted by Gasteiger charge is -2.20. The van der Waals surface area contributed by atoms with Gasteiger partial charge in [-0.25, -0.2) is 0 Å². The second-order valence-electron chi connectivity index (χ2n) is 2.51. The number of hydrogen-bond donors (Lipinski definition) is 4. The number of hydrogen-bond acceptors (Lipinski definition) is 4. The van der Waals surface area contributed by atoms with E-state index >= 15 is 0 Å². The van der Waals surface area contributed by atoms with E-state index in [4.69, 9.17) is 21.7 Å². The van der Waals surface area contributed by atoms with Gasteiger partial charge in [-0.3, -0.25) is 4.79 Å². The quantitative estimate of drug-likeness (QED) is 0.393. The summed E-state index contributed by atoms with van der Waals surface area (Å²) < 4.78 is 0. The number of rotatable bonds is 5. The van der Waals surface area contributed by atoms with E-state index in [9.17, 15) is 4.79 Å². The molecule has 0 saturated carbocycles. The minimum Gasteiger partial charge on any atom is -0.480 e. The standard InChI is InChI=1S/C6H14N2O3/c7-3-1-2-6(8,4-9)5(10)11/h9H,1-4,7-8H2,(H,10,11). The van der Waals surface area contributed by atoms with Crippen LogP contribution < -0.4 is 11.5 Å². The molecule has 0 heterocycles. The van der Waals surface area contributed by atoms with Gasteiger partial charge in [-0.1, -0.05) is 0 Å². The van der Waals surface area contributed by atoms with Crippen LogP contribution in [0.4, 0.5) is 0 Å². The molecule has 6 N–H and O–H groups in total. The number of carboxylic acid groups (broad SMARTS) is 1. The Morgan fingerprint density at radius 3 is 2.36 bits per heavy atom. The highest BCUT2D eigenvalue weighted by atomic mass is 16.4. The van der Waals surface area contributed by atoms with Crippen LogP contribution in [0.1, 0.15) is 12.8 Å². The molecule has 0 bridgehead atoms. The van der Waals surface area contributed by atoms with Crippen molar-refractivity contribution in [2.75, 3.05) is 13.2 Å². The van der Waals surface area contributed by atoms with Crippen molar-refractivity contribution in [2.24, 2.45) is 11.5 Å². The van der Waals surface area contributed by atoms with Crippen LogP contribution in [0.5, 0.6) is 0 Å². The van der Waals surface area contributed by atoms with Crippen LogP contribution in [-0.2, 0) is 4.79 Å². The highest BCUT2D eigenvalue weighted by molar-refractivity contribution is 5.78. The number of carbonyl (C=O) groups is 1. The Bertz CT molecular complexity index is 140. The fourth-order valence-electron chi connectivity index (χ4n) is 0.671. The number of carboxylic acids is 1. The molecular weight excluding hydrogens is 148 g/mol. The Kier molecular flexibility index (Phi) is 4.02. The van der Waals surface area contributed by atoms with Gasteiger partial charge in [0.05, 0.1) is 6.61 Å². The van der Waals surface area contributed by atoms with Gasteiger partial charge in [0.1, 0.15) is 5.54 Å². The normalized spacial score (nSPS) is 15.9. The first kappa shape index (κ1) is 10.3. The molecule has 1 atom stereocenters. The Morgan fingerprint density at radius 1 is 1.55 bits per heavy atom. The lowest BCUT2D eigenvalue weighted by atomic mass is 9.96. The van der Waals surface area contributed by atoms with Crippen LogP contribution in [0, 0.1) is 0 Å². The van der Waals surface area contributed by atoms with Crippen molar-refractivity contribution < 1.29 is 15.0 Å². The summed E-state index contributed by atoms with van der Waals surface area (Å²) in [6, 6.07) is 0. The van der Waals surface area contributed by atoms with Crippen molar-refractivity contribution in [1.29, 1.82) is 0 Å². The zero-order chi connectivity index (χ0) is 8.91. The summed E-state index contributed by atoms with van der Waals surface area (Å²) in [4.78, 5) is 10.4. The van der Waals surface area contributed by atoms with Gasteiger partial charge in [0, 0.05) is 0 Å². The van der Waals surface area contributed by atoms with Crippen molar-refractivity contribution >= 4 is 5.97 Å². The zero-order valence-corrected chi connectivity index (χ0v) is 6.29. The van der Waals surface area contributed by atoms with Crippen molar-refractivity contribution in [2.45, 2.75) is 18.4 Å². The molecule has 11 heavy (non-hydrogen) atoms. The van der Waals surface area contributed by atoms with E-state index in [0.717, 1.165) is 0 Å². The number of nitrogens with two attached hydrogens (primary N) is 2. The largest absolute Gasteiger partial charge is 0.480 e. The molecule has 0 radical (unpaired) electrons. The predicted octanol–water partition coefficient (Wildman–Crippen LogP) is -1.50. The molecule has 0 aromatic rings. The number of aliphatic hydroxyl groups excluding tert-OH is 1. The third-order valence-corrected chi connectivity index (χ3v) is 1.54. The first-order valence-corrected chi connectivity index (χ1v) is 3.40. The first-order valence-electron chi connectivity index (χ1n) is 3.40. The second-order valence-corrected chi connectivity index (χ2v) is 2.51. The summed E-state index contributed by atoms with van der Waals surface area (Å²) in [6.07, 6.45) is 0.707. The van der Waals surface area contributed by atoms with Crippen LogP contribution in [-0.4, -0.2) is 34.9 Å². The molecule has 0 fully saturated rings. The van der Waals surface area contributed by atoms with E-state index in [1.54, 1.807) is 0 Å². The molecule has 5 heteroatoms.